The zero-order valence-electron chi connectivity index (χ0n) is 9.68. The van der Waals surface area contributed by atoms with Gasteiger partial charge in [0.05, 0.1) is 13.2 Å². The highest BCUT2D eigenvalue weighted by atomic mass is 28.4. The quantitative estimate of drug-likeness (QED) is 0.708. The smallest absolute Gasteiger partial charge is 0.394 e. The molecule has 1 aromatic carbocycles. The van der Waals surface area contributed by atoms with Crippen LogP contribution in [0, 0.1) is 0 Å². The van der Waals surface area contributed by atoms with Crippen LogP contribution in [0.4, 0.5) is 0 Å². The lowest BCUT2D eigenvalue weighted by atomic mass is 10.4. The predicted molar refractivity (Wildman–Crippen MR) is 63.5 cm³/mol. The van der Waals surface area contributed by atoms with E-state index in [1.165, 1.54) is 0 Å². The van der Waals surface area contributed by atoms with Gasteiger partial charge in [-0.05, 0) is 6.92 Å². The summed E-state index contributed by atoms with van der Waals surface area (Å²) >= 11 is 0. The van der Waals surface area contributed by atoms with Crippen LogP contribution in [0.3, 0.4) is 0 Å². The average molecular weight is 242 g/mol. The third-order valence-corrected chi connectivity index (χ3v) is 4.94. The molecule has 4 nitrogen and oxygen atoms in total. The van der Waals surface area contributed by atoms with Crippen molar-refractivity contribution in [2.75, 3.05) is 26.9 Å². The molecule has 1 aromatic rings. The largest absolute Gasteiger partial charge is 0.537 e. The minimum atomic E-state index is -2.83. The van der Waals surface area contributed by atoms with Gasteiger partial charge in [-0.3, -0.25) is 0 Å². The van der Waals surface area contributed by atoms with Gasteiger partial charge in [0.25, 0.3) is 0 Å². The van der Waals surface area contributed by atoms with Crippen molar-refractivity contribution in [3.8, 4) is 0 Å². The fourth-order valence-electron chi connectivity index (χ4n) is 1.46. The first-order valence-corrected chi connectivity index (χ1v) is 7.01. The maximum absolute atomic E-state index is 8.83. The Morgan fingerprint density at radius 2 is 1.88 bits per heavy atom. The van der Waals surface area contributed by atoms with Gasteiger partial charge in [0.1, 0.15) is 0 Å². The van der Waals surface area contributed by atoms with Crippen LogP contribution in [-0.4, -0.2) is 40.8 Å². The lowest BCUT2D eigenvalue weighted by Crippen LogP contribution is -2.56. The number of aliphatic hydroxyl groups excluding tert-OH is 1. The van der Waals surface area contributed by atoms with E-state index in [2.05, 4.69) is 0 Å². The van der Waals surface area contributed by atoms with E-state index >= 15 is 0 Å². The summed E-state index contributed by atoms with van der Waals surface area (Å²) in [5.41, 5.74) is 0. The highest BCUT2D eigenvalue weighted by Crippen LogP contribution is 2.09. The maximum atomic E-state index is 8.83. The molecule has 0 aromatic heterocycles. The molecule has 1 rings (SSSR count). The number of hydrogen-bond acceptors (Lipinski definition) is 4. The Hall–Kier alpha value is -0.723. The second kappa shape index (κ2) is 6.77. The van der Waals surface area contributed by atoms with E-state index in [1.54, 1.807) is 7.11 Å². The first-order valence-electron chi connectivity index (χ1n) is 5.28. The van der Waals surface area contributed by atoms with Crippen LogP contribution in [0.15, 0.2) is 30.3 Å². The van der Waals surface area contributed by atoms with Crippen molar-refractivity contribution >= 4 is 14.0 Å². The fraction of sp³-hybridized carbons (Fsp3) is 0.455. The van der Waals surface area contributed by atoms with Gasteiger partial charge in [0.2, 0.25) is 0 Å². The molecule has 0 bridgehead atoms. The van der Waals surface area contributed by atoms with Gasteiger partial charge in [-0.15, -0.1) is 0 Å². The molecule has 1 unspecified atom stereocenters. The molecule has 0 saturated carbocycles. The Kier molecular flexibility index (Phi) is 5.65. The lowest BCUT2D eigenvalue weighted by molar-refractivity contribution is 0.0784. The van der Waals surface area contributed by atoms with Crippen molar-refractivity contribution in [1.29, 1.82) is 0 Å². The monoisotopic (exact) mass is 242 g/mol. The highest BCUT2D eigenvalue weighted by Gasteiger charge is 2.42. The van der Waals surface area contributed by atoms with Crippen LogP contribution in [0.1, 0.15) is 6.92 Å². The van der Waals surface area contributed by atoms with Crippen LogP contribution in [-0.2, 0) is 13.3 Å². The van der Waals surface area contributed by atoms with E-state index in [9.17, 15) is 0 Å². The molecule has 0 radical (unpaired) electrons. The molecule has 16 heavy (non-hydrogen) atoms. The number of rotatable bonds is 7. The van der Waals surface area contributed by atoms with Crippen molar-refractivity contribution in [2.45, 2.75) is 6.92 Å². The van der Waals surface area contributed by atoms with E-state index in [0.29, 0.717) is 6.61 Å². The molecule has 0 aliphatic carbocycles. The Morgan fingerprint density at radius 3 is 2.38 bits per heavy atom. The number of aliphatic hydroxyl groups is 1. The van der Waals surface area contributed by atoms with Gasteiger partial charge in [-0.2, -0.15) is 0 Å². The minimum absolute atomic E-state index is 0.0436. The topological polar surface area (TPSA) is 47.9 Å². The fourth-order valence-corrected chi connectivity index (χ4v) is 3.69. The first kappa shape index (κ1) is 13.3. The Labute approximate surface area is 97.1 Å². The van der Waals surface area contributed by atoms with Crippen molar-refractivity contribution in [3.63, 3.8) is 0 Å². The average Bonchev–Trinajstić information content (AvgIpc) is 2.36. The van der Waals surface area contributed by atoms with Gasteiger partial charge in [-0.25, -0.2) is 0 Å². The van der Waals surface area contributed by atoms with Crippen LogP contribution in [0.25, 0.3) is 0 Å². The van der Waals surface area contributed by atoms with Gasteiger partial charge >= 0.3 is 8.80 Å². The summed E-state index contributed by atoms with van der Waals surface area (Å²) in [4.78, 5) is 0. The number of benzene rings is 1. The van der Waals surface area contributed by atoms with Gasteiger partial charge in [-0.1, -0.05) is 30.3 Å². The Bertz CT molecular complexity index is 293. The zero-order chi connectivity index (χ0) is 11.9. The number of hydrogen-bond donors (Lipinski definition) is 1. The molecule has 0 saturated heterocycles. The summed E-state index contributed by atoms with van der Waals surface area (Å²) in [6.45, 7) is 2.58. The molecule has 0 fully saturated rings. The van der Waals surface area contributed by atoms with E-state index < -0.39 is 8.80 Å². The second-order valence-electron chi connectivity index (χ2n) is 3.13. The van der Waals surface area contributed by atoms with Crippen LogP contribution in [0.2, 0.25) is 0 Å². The SMILES string of the molecule is CCO[Si](OC)(OCCO)c1ccccc1. The van der Waals surface area contributed by atoms with Crippen molar-refractivity contribution < 1.29 is 18.4 Å². The molecule has 90 valence electrons. The van der Waals surface area contributed by atoms with Crippen LogP contribution in [0.5, 0.6) is 0 Å². The van der Waals surface area contributed by atoms with Crippen molar-refractivity contribution in [3.05, 3.63) is 30.3 Å². The van der Waals surface area contributed by atoms with Crippen molar-refractivity contribution in [2.24, 2.45) is 0 Å². The first-order chi connectivity index (χ1) is 7.79. The molecule has 1 N–H and O–H groups in total. The normalized spacial score (nSPS) is 14.7. The molecule has 5 heteroatoms. The molecule has 0 aliphatic rings. The van der Waals surface area contributed by atoms with Gasteiger partial charge in [0.15, 0.2) is 0 Å². The van der Waals surface area contributed by atoms with Gasteiger partial charge < -0.3 is 18.4 Å². The summed E-state index contributed by atoms with van der Waals surface area (Å²) in [5.74, 6) is 0. The maximum Gasteiger partial charge on any atom is 0.537 e. The molecular formula is C11H18O4Si. The molecule has 0 heterocycles. The summed E-state index contributed by atoms with van der Waals surface area (Å²) < 4.78 is 16.7. The van der Waals surface area contributed by atoms with E-state index in [0.717, 1.165) is 5.19 Å². The Balaban J connectivity index is 2.92. The summed E-state index contributed by atoms with van der Waals surface area (Å²) in [6.07, 6.45) is 0. The van der Waals surface area contributed by atoms with Crippen molar-refractivity contribution in [1.82, 2.24) is 0 Å². The molecule has 0 amide bonds. The van der Waals surface area contributed by atoms with Crippen LogP contribution >= 0.6 is 0 Å². The molecule has 0 spiro atoms. The standard InChI is InChI=1S/C11H18O4Si/c1-3-14-16(13-2,15-10-9-12)11-7-5-4-6-8-11/h4-8,12H,3,9-10H2,1-2H3. The van der Waals surface area contributed by atoms with E-state index in [-0.39, 0.29) is 13.2 Å². The van der Waals surface area contributed by atoms with E-state index in [4.69, 9.17) is 18.4 Å². The summed E-state index contributed by atoms with van der Waals surface area (Å²) in [6, 6.07) is 9.59. The lowest BCUT2D eigenvalue weighted by Gasteiger charge is -2.27. The second-order valence-corrected chi connectivity index (χ2v) is 5.81. The molecular weight excluding hydrogens is 224 g/mol. The summed E-state index contributed by atoms with van der Waals surface area (Å²) in [5, 5.41) is 9.74. The predicted octanol–water partition coefficient (Wildman–Crippen LogP) is 0.524. The molecule has 0 aliphatic heterocycles. The third-order valence-electron chi connectivity index (χ3n) is 2.11. The van der Waals surface area contributed by atoms with Crippen LogP contribution < -0.4 is 5.19 Å². The minimum Gasteiger partial charge on any atom is -0.394 e. The van der Waals surface area contributed by atoms with E-state index in [1.807, 2.05) is 37.3 Å². The van der Waals surface area contributed by atoms with Gasteiger partial charge in [0, 0.05) is 18.9 Å². The third kappa shape index (κ3) is 3.13. The molecule has 1 atom stereocenters. The zero-order valence-corrected chi connectivity index (χ0v) is 10.7. The Morgan fingerprint density at radius 1 is 1.19 bits per heavy atom. The summed E-state index contributed by atoms with van der Waals surface area (Å²) in [7, 11) is -1.25. The highest BCUT2D eigenvalue weighted by molar-refractivity contribution is 6.75.